The summed E-state index contributed by atoms with van der Waals surface area (Å²) in [5, 5.41) is 3.57. The van der Waals surface area contributed by atoms with Crippen LogP contribution in [-0.4, -0.2) is 18.8 Å². The van der Waals surface area contributed by atoms with Crippen LogP contribution < -0.4 is 16.0 Å². The van der Waals surface area contributed by atoms with Crippen molar-refractivity contribution in [1.82, 2.24) is 0 Å². The molecule has 1 unspecified atom stereocenters. The third-order valence-corrected chi connectivity index (χ3v) is 3.24. The first-order valence-corrected chi connectivity index (χ1v) is 5.56. The molecule has 0 fully saturated rings. The fraction of sp³-hybridized carbons (Fsp3) is 0.500. The van der Waals surface area contributed by atoms with Crippen LogP contribution in [0.4, 0.5) is 11.4 Å². The van der Waals surface area contributed by atoms with Gasteiger partial charge in [-0.1, -0.05) is 19.1 Å². The number of fused-ring (bicyclic) bond motifs is 1. The normalized spacial score (nSPS) is 23.8. The second kappa shape index (κ2) is 3.74. The van der Waals surface area contributed by atoms with Gasteiger partial charge in [0, 0.05) is 13.1 Å². The van der Waals surface area contributed by atoms with E-state index < -0.39 is 0 Å². The molecule has 1 heterocycles. The molecule has 0 saturated carbocycles. The predicted octanol–water partition coefficient (Wildman–Crippen LogP) is 2.00. The summed E-state index contributed by atoms with van der Waals surface area (Å²) in [4.78, 5) is 2.36. The molecule has 2 rings (SSSR count). The molecule has 0 bridgehead atoms. The average Bonchev–Trinajstić information content (AvgIpc) is 2.54. The van der Waals surface area contributed by atoms with Gasteiger partial charge in [-0.25, -0.2) is 0 Å². The van der Waals surface area contributed by atoms with E-state index in [-0.39, 0.29) is 5.66 Å². The minimum absolute atomic E-state index is 0.0169. The Morgan fingerprint density at radius 3 is 2.80 bits per heavy atom. The molecule has 0 aromatic heterocycles. The van der Waals surface area contributed by atoms with Crippen molar-refractivity contribution >= 4 is 11.4 Å². The Morgan fingerprint density at radius 2 is 2.13 bits per heavy atom. The van der Waals surface area contributed by atoms with E-state index in [1.165, 1.54) is 11.4 Å². The van der Waals surface area contributed by atoms with E-state index in [9.17, 15) is 0 Å². The van der Waals surface area contributed by atoms with Gasteiger partial charge in [-0.15, -0.1) is 0 Å². The second-order valence-electron chi connectivity index (χ2n) is 4.21. The molecule has 82 valence electrons. The number of nitrogens with zero attached hydrogens (tertiary/aromatic N) is 1. The molecule has 1 aromatic carbocycles. The number of rotatable bonds is 3. The van der Waals surface area contributed by atoms with E-state index in [0.717, 1.165) is 13.0 Å². The van der Waals surface area contributed by atoms with Gasteiger partial charge in [-0.2, -0.15) is 0 Å². The fourth-order valence-electron chi connectivity index (χ4n) is 2.21. The number of nitrogens with two attached hydrogens (primary N) is 1. The molecule has 1 aliphatic rings. The molecule has 1 aliphatic heterocycles. The third kappa shape index (κ3) is 1.57. The Hall–Kier alpha value is -1.22. The average molecular weight is 205 g/mol. The summed E-state index contributed by atoms with van der Waals surface area (Å²) in [5.41, 5.74) is 8.18. The number of para-hydroxylation sites is 2. The highest BCUT2D eigenvalue weighted by molar-refractivity contribution is 5.77. The summed E-state index contributed by atoms with van der Waals surface area (Å²) in [5.74, 6) is 0. The maximum absolute atomic E-state index is 5.67. The van der Waals surface area contributed by atoms with E-state index in [4.69, 9.17) is 5.73 Å². The Balaban J connectivity index is 2.37. The quantitative estimate of drug-likeness (QED) is 0.793. The summed E-state index contributed by atoms with van der Waals surface area (Å²) in [7, 11) is 0. The van der Waals surface area contributed by atoms with Crippen molar-refractivity contribution in [2.75, 3.05) is 23.3 Å². The van der Waals surface area contributed by atoms with Crippen LogP contribution in [0.1, 0.15) is 20.3 Å². The van der Waals surface area contributed by atoms with Crippen LogP contribution in [0.25, 0.3) is 0 Å². The van der Waals surface area contributed by atoms with Crippen molar-refractivity contribution < 1.29 is 0 Å². The van der Waals surface area contributed by atoms with E-state index in [2.05, 4.69) is 48.3 Å². The van der Waals surface area contributed by atoms with Gasteiger partial charge in [0.2, 0.25) is 0 Å². The van der Waals surface area contributed by atoms with Crippen molar-refractivity contribution in [3.05, 3.63) is 24.3 Å². The lowest BCUT2D eigenvalue weighted by molar-refractivity contribution is 0.480. The van der Waals surface area contributed by atoms with Crippen LogP contribution in [0.5, 0.6) is 0 Å². The van der Waals surface area contributed by atoms with E-state index in [1.54, 1.807) is 0 Å². The van der Waals surface area contributed by atoms with E-state index in [1.807, 2.05) is 0 Å². The topological polar surface area (TPSA) is 41.3 Å². The molecule has 0 saturated heterocycles. The van der Waals surface area contributed by atoms with Crippen molar-refractivity contribution in [2.45, 2.75) is 25.9 Å². The zero-order valence-corrected chi connectivity index (χ0v) is 9.46. The standard InChI is InChI=1S/C12H19N3/c1-3-12(2)14-10-6-4-5-7-11(10)15(12)9-8-13/h4-7,14H,3,8-9,13H2,1-2H3. The van der Waals surface area contributed by atoms with Crippen LogP contribution in [0, 0.1) is 0 Å². The highest BCUT2D eigenvalue weighted by Crippen LogP contribution is 2.40. The number of nitrogens with one attached hydrogen (secondary N) is 1. The Morgan fingerprint density at radius 1 is 1.40 bits per heavy atom. The number of hydrogen-bond donors (Lipinski definition) is 2. The zero-order valence-electron chi connectivity index (χ0n) is 9.46. The minimum atomic E-state index is 0.0169. The number of benzene rings is 1. The fourth-order valence-corrected chi connectivity index (χ4v) is 2.21. The highest BCUT2D eigenvalue weighted by Gasteiger charge is 2.36. The summed E-state index contributed by atoms with van der Waals surface area (Å²) in [6.45, 7) is 6.00. The van der Waals surface area contributed by atoms with Crippen LogP contribution in [0.3, 0.4) is 0 Å². The molecule has 0 radical (unpaired) electrons. The highest BCUT2D eigenvalue weighted by atomic mass is 15.4. The number of anilines is 2. The lowest BCUT2D eigenvalue weighted by Gasteiger charge is -2.36. The molecule has 0 amide bonds. The van der Waals surface area contributed by atoms with Crippen molar-refractivity contribution in [2.24, 2.45) is 5.73 Å². The van der Waals surface area contributed by atoms with Crippen LogP contribution in [-0.2, 0) is 0 Å². The maximum atomic E-state index is 5.67. The first-order chi connectivity index (χ1) is 7.21. The summed E-state index contributed by atoms with van der Waals surface area (Å²) in [6.07, 6.45) is 1.06. The van der Waals surface area contributed by atoms with Gasteiger partial charge in [0.15, 0.2) is 0 Å². The molecule has 1 atom stereocenters. The molecule has 1 aromatic rings. The SMILES string of the molecule is CCC1(C)Nc2ccccc2N1CCN. The maximum Gasteiger partial charge on any atom is 0.107 e. The smallest absolute Gasteiger partial charge is 0.107 e. The van der Waals surface area contributed by atoms with E-state index in [0.29, 0.717) is 6.54 Å². The Kier molecular flexibility index (Phi) is 2.57. The first-order valence-electron chi connectivity index (χ1n) is 5.56. The zero-order chi connectivity index (χ0) is 10.9. The van der Waals surface area contributed by atoms with Crippen LogP contribution in [0.2, 0.25) is 0 Å². The summed E-state index contributed by atoms with van der Waals surface area (Å²) in [6, 6.07) is 8.41. The monoisotopic (exact) mass is 205 g/mol. The Labute approximate surface area is 91.3 Å². The van der Waals surface area contributed by atoms with Gasteiger partial charge in [0.25, 0.3) is 0 Å². The van der Waals surface area contributed by atoms with Crippen molar-refractivity contribution in [1.29, 1.82) is 0 Å². The molecule has 0 spiro atoms. The summed E-state index contributed by atoms with van der Waals surface area (Å²) >= 11 is 0. The molecule has 0 aliphatic carbocycles. The largest absolute Gasteiger partial charge is 0.361 e. The van der Waals surface area contributed by atoms with Gasteiger partial charge < -0.3 is 16.0 Å². The molecule has 3 nitrogen and oxygen atoms in total. The van der Waals surface area contributed by atoms with Crippen molar-refractivity contribution in [3.63, 3.8) is 0 Å². The molecule has 15 heavy (non-hydrogen) atoms. The molecule has 3 heteroatoms. The van der Waals surface area contributed by atoms with Gasteiger partial charge in [0.1, 0.15) is 5.66 Å². The number of hydrogen-bond acceptors (Lipinski definition) is 3. The summed E-state index contributed by atoms with van der Waals surface area (Å²) < 4.78 is 0. The molecular formula is C12H19N3. The lowest BCUT2D eigenvalue weighted by Crippen LogP contribution is -2.49. The van der Waals surface area contributed by atoms with E-state index >= 15 is 0 Å². The van der Waals surface area contributed by atoms with Crippen molar-refractivity contribution in [3.8, 4) is 0 Å². The van der Waals surface area contributed by atoms with Gasteiger partial charge in [0.05, 0.1) is 11.4 Å². The minimum Gasteiger partial charge on any atom is -0.361 e. The van der Waals surface area contributed by atoms with Crippen LogP contribution >= 0.6 is 0 Å². The van der Waals surface area contributed by atoms with Gasteiger partial charge >= 0.3 is 0 Å². The Bertz CT molecular complexity index is 350. The van der Waals surface area contributed by atoms with Gasteiger partial charge in [-0.3, -0.25) is 0 Å². The second-order valence-corrected chi connectivity index (χ2v) is 4.21. The molecular weight excluding hydrogens is 186 g/mol. The van der Waals surface area contributed by atoms with Crippen LogP contribution in [0.15, 0.2) is 24.3 Å². The lowest BCUT2D eigenvalue weighted by atomic mass is 10.1. The molecule has 3 N–H and O–H groups in total. The third-order valence-electron chi connectivity index (χ3n) is 3.24. The predicted molar refractivity (Wildman–Crippen MR) is 65.2 cm³/mol. The van der Waals surface area contributed by atoms with Gasteiger partial charge in [-0.05, 0) is 25.5 Å². The first kappa shape index (κ1) is 10.3.